The summed E-state index contributed by atoms with van der Waals surface area (Å²) < 4.78 is 15.5. The number of rotatable bonds is 4. The van der Waals surface area contributed by atoms with Crippen molar-refractivity contribution in [2.24, 2.45) is 7.05 Å². The Morgan fingerprint density at radius 3 is 2.15 bits per heavy atom. The van der Waals surface area contributed by atoms with Crippen LogP contribution < -0.4 is 9.47 Å². The summed E-state index contributed by atoms with van der Waals surface area (Å²) in [6, 6.07) is 7.91. The molecule has 2 aromatic heterocycles. The first kappa shape index (κ1) is 17.5. The lowest BCUT2D eigenvalue weighted by Crippen LogP contribution is -2.00. The molecule has 7 heteroatoms. The second-order valence-electron chi connectivity index (χ2n) is 5.89. The van der Waals surface area contributed by atoms with Crippen molar-refractivity contribution in [3.05, 3.63) is 33.2 Å². The van der Waals surface area contributed by atoms with Crippen molar-refractivity contribution in [1.82, 2.24) is 14.5 Å². The molecular weight excluding hydrogens is 462 g/mol. The predicted octanol–water partition coefficient (Wildman–Crippen LogP) is 5.60. The molecule has 0 bridgehead atoms. The van der Waals surface area contributed by atoms with Crippen LogP contribution in [0.25, 0.3) is 33.1 Å². The van der Waals surface area contributed by atoms with Crippen LogP contribution in [0.3, 0.4) is 0 Å². The zero-order valence-corrected chi connectivity index (χ0v) is 17.8. The quantitative estimate of drug-likeness (QED) is 0.383. The van der Waals surface area contributed by atoms with Crippen molar-refractivity contribution in [3.63, 3.8) is 0 Å². The van der Waals surface area contributed by atoms with Gasteiger partial charge in [0.05, 0.1) is 29.8 Å². The summed E-state index contributed by atoms with van der Waals surface area (Å²) in [7, 11) is 2.00. The van der Waals surface area contributed by atoms with Crippen LogP contribution in [0.15, 0.2) is 33.2 Å². The monoisotopic (exact) mass is 477 g/mol. The Bertz CT molecular complexity index is 1150. The molecule has 26 heavy (non-hydrogen) atoms. The van der Waals surface area contributed by atoms with Gasteiger partial charge in [-0.25, -0.2) is 9.97 Å². The Labute approximate surface area is 167 Å². The van der Waals surface area contributed by atoms with Crippen LogP contribution in [0.4, 0.5) is 0 Å². The van der Waals surface area contributed by atoms with Crippen LogP contribution in [0, 0.1) is 0 Å². The van der Waals surface area contributed by atoms with Gasteiger partial charge in [-0.1, -0.05) is 15.9 Å². The highest BCUT2D eigenvalue weighted by molar-refractivity contribution is 9.11. The van der Waals surface area contributed by atoms with E-state index in [4.69, 9.17) is 19.4 Å². The standard InChI is InChI=1S/C19H17Br2N3O2/c1-4-25-15-8-13-14(9-16(15)26-5-2)23-19-17(22-13)11-6-10(20)7-12(21)18(11)24(19)3/h6-9H,4-5H2,1-3H3. The summed E-state index contributed by atoms with van der Waals surface area (Å²) >= 11 is 7.21. The van der Waals surface area contributed by atoms with Crippen LogP contribution in [0.5, 0.6) is 11.5 Å². The van der Waals surface area contributed by atoms with E-state index < -0.39 is 0 Å². The minimum absolute atomic E-state index is 0.565. The number of aryl methyl sites for hydroxylation is 1. The molecule has 0 amide bonds. The third-order valence-corrected chi connectivity index (χ3v) is 5.31. The largest absolute Gasteiger partial charge is 0.490 e. The average molecular weight is 479 g/mol. The minimum Gasteiger partial charge on any atom is -0.490 e. The topological polar surface area (TPSA) is 49.2 Å². The summed E-state index contributed by atoms with van der Waals surface area (Å²) in [6.07, 6.45) is 0. The fourth-order valence-corrected chi connectivity index (χ4v) is 4.69. The van der Waals surface area contributed by atoms with Gasteiger partial charge in [-0.3, -0.25) is 0 Å². The van der Waals surface area contributed by atoms with E-state index in [1.54, 1.807) is 0 Å². The van der Waals surface area contributed by atoms with Gasteiger partial charge in [0.1, 0.15) is 5.52 Å². The lowest BCUT2D eigenvalue weighted by atomic mass is 10.2. The summed E-state index contributed by atoms with van der Waals surface area (Å²) in [6.45, 7) is 5.04. The van der Waals surface area contributed by atoms with Crippen molar-refractivity contribution >= 4 is 65.0 Å². The molecule has 0 aliphatic heterocycles. The highest BCUT2D eigenvalue weighted by Gasteiger charge is 2.17. The van der Waals surface area contributed by atoms with Gasteiger partial charge < -0.3 is 14.0 Å². The molecule has 0 unspecified atom stereocenters. The van der Waals surface area contributed by atoms with Gasteiger partial charge in [0.2, 0.25) is 0 Å². The predicted molar refractivity (Wildman–Crippen MR) is 111 cm³/mol. The smallest absolute Gasteiger partial charge is 0.163 e. The third-order valence-electron chi connectivity index (χ3n) is 4.25. The van der Waals surface area contributed by atoms with Gasteiger partial charge in [0.25, 0.3) is 0 Å². The molecule has 0 saturated carbocycles. The maximum Gasteiger partial charge on any atom is 0.163 e. The molecule has 2 heterocycles. The number of aromatic nitrogens is 3. The molecule has 0 N–H and O–H groups in total. The molecule has 0 aliphatic rings. The summed E-state index contributed by atoms with van der Waals surface area (Å²) in [5.41, 5.74) is 4.33. The van der Waals surface area contributed by atoms with Crippen LogP contribution in [0.1, 0.15) is 13.8 Å². The molecule has 2 aromatic carbocycles. The van der Waals surface area contributed by atoms with Gasteiger partial charge in [-0.2, -0.15) is 0 Å². The first-order valence-corrected chi connectivity index (χ1v) is 9.96. The van der Waals surface area contributed by atoms with Gasteiger partial charge in [-0.05, 0) is 41.9 Å². The van der Waals surface area contributed by atoms with E-state index in [1.165, 1.54) is 0 Å². The molecule has 0 radical (unpaired) electrons. The van der Waals surface area contributed by atoms with E-state index in [9.17, 15) is 0 Å². The van der Waals surface area contributed by atoms with Crippen molar-refractivity contribution in [3.8, 4) is 11.5 Å². The number of fused-ring (bicyclic) bond motifs is 4. The van der Waals surface area contributed by atoms with Crippen LogP contribution in [-0.4, -0.2) is 27.7 Å². The number of nitrogens with zero attached hydrogens (tertiary/aromatic N) is 3. The lowest BCUT2D eigenvalue weighted by Gasteiger charge is -2.11. The first-order chi connectivity index (χ1) is 12.5. The van der Waals surface area contributed by atoms with E-state index >= 15 is 0 Å². The second kappa shape index (κ2) is 6.70. The van der Waals surface area contributed by atoms with Gasteiger partial charge in [0.15, 0.2) is 17.1 Å². The average Bonchev–Trinajstić information content (AvgIpc) is 2.86. The second-order valence-corrected chi connectivity index (χ2v) is 7.66. The third kappa shape index (κ3) is 2.74. The summed E-state index contributed by atoms with van der Waals surface area (Å²) in [4.78, 5) is 9.75. The van der Waals surface area contributed by atoms with E-state index in [2.05, 4.69) is 42.5 Å². The minimum atomic E-state index is 0.565. The molecular formula is C19H17Br2N3O2. The maximum absolute atomic E-state index is 5.73. The Morgan fingerprint density at radius 2 is 1.54 bits per heavy atom. The maximum atomic E-state index is 5.73. The fraction of sp³-hybridized carbons (Fsp3) is 0.263. The van der Waals surface area contributed by atoms with Crippen LogP contribution >= 0.6 is 31.9 Å². The van der Waals surface area contributed by atoms with E-state index in [-0.39, 0.29) is 0 Å². The molecule has 0 saturated heterocycles. The number of hydrogen-bond acceptors (Lipinski definition) is 4. The Hall–Kier alpha value is -1.86. The zero-order chi connectivity index (χ0) is 18.4. The van der Waals surface area contributed by atoms with E-state index in [1.807, 2.05) is 39.1 Å². The number of benzene rings is 2. The van der Waals surface area contributed by atoms with Crippen molar-refractivity contribution in [2.45, 2.75) is 13.8 Å². The first-order valence-electron chi connectivity index (χ1n) is 8.38. The molecule has 0 aliphatic carbocycles. The molecule has 4 rings (SSSR count). The zero-order valence-electron chi connectivity index (χ0n) is 14.6. The summed E-state index contributed by atoms with van der Waals surface area (Å²) in [5.74, 6) is 1.39. The van der Waals surface area contributed by atoms with Gasteiger partial charge in [0, 0.05) is 33.5 Å². The Kier molecular flexibility index (Phi) is 4.52. The molecule has 4 aromatic rings. The van der Waals surface area contributed by atoms with Crippen molar-refractivity contribution < 1.29 is 9.47 Å². The van der Waals surface area contributed by atoms with Gasteiger partial charge in [-0.15, -0.1) is 0 Å². The lowest BCUT2D eigenvalue weighted by molar-refractivity contribution is 0.288. The fourth-order valence-electron chi connectivity index (χ4n) is 3.20. The number of halogens is 2. The Balaban J connectivity index is 2.08. The highest BCUT2D eigenvalue weighted by Crippen LogP contribution is 2.37. The van der Waals surface area contributed by atoms with Crippen LogP contribution in [-0.2, 0) is 7.05 Å². The van der Waals surface area contributed by atoms with E-state index in [0.29, 0.717) is 24.7 Å². The van der Waals surface area contributed by atoms with Crippen molar-refractivity contribution in [2.75, 3.05) is 13.2 Å². The van der Waals surface area contributed by atoms with Crippen LogP contribution in [0.2, 0.25) is 0 Å². The van der Waals surface area contributed by atoms with Crippen molar-refractivity contribution in [1.29, 1.82) is 0 Å². The summed E-state index contributed by atoms with van der Waals surface area (Å²) in [5, 5.41) is 1.05. The Morgan fingerprint density at radius 1 is 0.923 bits per heavy atom. The van der Waals surface area contributed by atoms with Gasteiger partial charge >= 0.3 is 0 Å². The number of ether oxygens (including phenoxy) is 2. The molecule has 5 nitrogen and oxygen atoms in total. The molecule has 0 spiro atoms. The molecule has 0 atom stereocenters. The SMILES string of the molecule is CCOc1cc2nc3c4cc(Br)cc(Br)c4n(C)c3nc2cc1OCC. The van der Waals surface area contributed by atoms with E-state index in [0.717, 1.165) is 42.0 Å². The molecule has 134 valence electrons. The molecule has 0 fully saturated rings. The highest BCUT2D eigenvalue weighted by atomic mass is 79.9. The number of hydrogen-bond donors (Lipinski definition) is 0. The normalized spacial score (nSPS) is 11.6.